The maximum absolute atomic E-state index is 4.61. The maximum atomic E-state index is 4.61. The molecule has 0 bridgehead atoms. The number of aromatic nitrogens is 3. The number of hydrogen-bond donors (Lipinski definition) is 0. The van der Waals surface area contributed by atoms with Crippen LogP contribution in [0, 0.1) is 0 Å². The fourth-order valence-corrected chi connectivity index (χ4v) is 4.07. The van der Waals surface area contributed by atoms with Gasteiger partial charge in [-0.3, -0.25) is 4.98 Å². The zero-order valence-corrected chi connectivity index (χ0v) is 20.2. The van der Waals surface area contributed by atoms with Gasteiger partial charge in [0.15, 0.2) is 5.82 Å². The van der Waals surface area contributed by atoms with Crippen LogP contribution in [0.1, 0.15) is 121 Å². The summed E-state index contributed by atoms with van der Waals surface area (Å²) < 4.78 is 0. The van der Waals surface area contributed by atoms with Crippen LogP contribution in [0.3, 0.4) is 0 Å². The Balaban J connectivity index is 1.63. The molecule has 31 heavy (non-hydrogen) atoms. The molecule has 0 amide bonds. The van der Waals surface area contributed by atoms with Crippen molar-refractivity contribution >= 4 is 0 Å². The van der Waals surface area contributed by atoms with Gasteiger partial charge in [-0.1, -0.05) is 103 Å². The molecule has 0 saturated heterocycles. The summed E-state index contributed by atoms with van der Waals surface area (Å²) in [5, 5.41) is 0. The maximum Gasteiger partial charge on any atom is 0.178 e. The fourth-order valence-electron chi connectivity index (χ4n) is 4.07. The third-order valence-corrected chi connectivity index (χ3v) is 6.15. The Morgan fingerprint density at radius 3 is 1.42 bits per heavy atom. The Kier molecular flexibility index (Phi) is 13.9. The highest BCUT2D eigenvalue weighted by Gasteiger charge is 2.04. The van der Waals surface area contributed by atoms with Crippen molar-refractivity contribution in [2.45, 2.75) is 123 Å². The summed E-state index contributed by atoms with van der Waals surface area (Å²) in [6.07, 6.45) is 28.4. The smallest absolute Gasteiger partial charge is 0.178 e. The lowest BCUT2D eigenvalue weighted by molar-refractivity contribution is 0.575. The molecule has 3 nitrogen and oxygen atoms in total. The molecule has 0 spiro atoms. The van der Waals surface area contributed by atoms with Crippen molar-refractivity contribution in [3.63, 3.8) is 0 Å². The summed E-state index contributed by atoms with van der Waals surface area (Å²) in [4.78, 5) is 13.7. The van der Waals surface area contributed by atoms with E-state index in [-0.39, 0.29) is 0 Å². The normalized spacial score (nSPS) is 11.2. The van der Waals surface area contributed by atoms with Crippen molar-refractivity contribution in [3.8, 4) is 11.5 Å². The predicted molar refractivity (Wildman–Crippen MR) is 133 cm³/mol. The number of unbranched alkanes of at least 4 members (excludes halogenated alkanes) is 13. The van der Waals surface area contributed by atoms with Crippen LogP contribution in [-0.2, 0) is 12.8 Å². The zero-order chi connectivity index (χ0) is 22.0. The summed E-state index contributed by atoms with van der Waals surface area (Å²) in [6.45, 7) is 4.55. The second-order valence-corrected chi connectivity index (χ2v) is 9.06. The Labute approximate surface area is 191 Å². The molecule has 2 rings (SSSR count). The third kappa shape index (κ3) is 11.4. The minimum absolute atomic E-state index is 0.738. The molecule has 0 aromatic carbocycles. The third-order valence-electron chi connectivity index (χ3n) is 6.15. The molecular formula is C28H45N3. The molecule has 0 unspecified atom stereocenters. The SMILES string of the molecule is CCCCCCCCCCc1cnc(-c2ccc(CCCCCCCCC)cn2)nc1. The first-order chi connectivity index (χ1) is 15.3. The second-order valence-electron chi connectivity index (χ2n) is 9.06. The van der Waals surface area contributed by atoms with Crippen molar-refractivity contribution in [2.75, 3.05) is 0 Å². The van der Waals surface area contributed by atoms with E-state index in [1.54, 1.807) is 0 Å². The van der Waals surface area contributed by atoms with Crippen LogP contribution < -0.4 is 0 Å². The van der Waals surface area contributed by atoms with Gasteiger partial charge in [0.25, 0.3) is 0 Å². The quantitative estimate of drug-likeness (QED) is 0.225. The monoisotopic (exact) mass is 423 g/mol. The van der Waals surface area contributed by atoms with Crippen LogP contribution in [0.15, 0.2) is 30.7 Å². The topological polar surface area (TPSA) is 38.7 Å². The van der Waals surface area contributed by atoms with Crippen LogP contribution in [0.2, 0.25) is 0 Å². The minimum atomic E-state index is 0.738. The average molecular weight is 424 g/mol. The van der Waals surface area contributed by atoms with Gasteiger partial charge in [0.2, 0.25) is 0 Å². The first kappa shape index (κ1) is 25.5. The van der Waals surface area contributed by atoms with Crippen molar-refractivity contribution in [2.24, 2.45) is 0 Å². The predicted octanol–water partition coefficient (Wildman–Crippen LogP) is 8.51. The summed E-state index contributed by atoms with van der Waals surface area (Å²) in [5.41, 5.74) is 3.44. The van der Waals surface area contributed by atoms with E-state index in [1.807, 2.05) is 18.6 Å². The number of nitrogens with zero attached hydrogens (tertiary/aromatic N) is 3. The van der Waals surface area contributed by atoms with Gasteiger partial charge < -0.3 is 0 Å². The molecule has 2 heterocycles. The molecule has 0 atom stereocenters. The lowest BCUT2D eigenvalue weighted by atomic mass is 10.1. The van der Waals surface area contributed by atoms with E-state index >= 15 is 0 Å². The Morgan fingerprint density at radius 2 is 0.935 bits per heavy atom. The van der Waals surface area contributed by atoms with E-state index in [4.69, 9.17) is 0 Å². The Bertz CT molecular complexity index is 664. The molecule has 0 saturated carbocycles. The highest BCUT2D eigenvalue weighted by atomic mass is 14.9. The minimum Gasteiger partial charge on any atom is -0.253 e. The highest BCUT2D eigenvalue weighted by Crippen LogP contribution is 2.16. The molecular weight excluding hydrogens is 378 g/mol. The van der Waals surface area contributed by atoms with E-state index in [0.29, 0.717) is 0 Å². The first-order valence-corrected chi connectivity index (χ1v) is 13.1. The van der Waals surface area contributed by atoms with Gasteiger partial charge in [-0.25, -0.2) is 9.97 Å². The van der Waals surface area contributed by atoms with Crippen LogP contribution in [0.5, 0.6) is 0 Å². The molecule has 0 aliphatic carbocycles. The van der Waals surface area contributed by atoms with Gasteiger partial charge in [-0.2, -0.15) is 0 Å². The van der Waals surface area contributed by atoms with E-state index in [9.17, 15) is 0 Å². The average Bonchev–Trinajstić information content (AvgIpc) is 2.81. The molecule has 0 radical (unpaired) electrons. The summed E-state index contributed by atoms with van der Waals surface area (Å²) in [5.74, 6) is 0.738. The van der Waals surface area contributed by atoms with E-state index < -0.39 is 0 Å². The van der Waals surface area contributed by atoms with Crippen LogP contribution in [0.25, 0.3) is 11.5 Å². The van der Waals surface area contributed by atoms with Gasteiger partial charge in [0.1, 0.15) is 5.69 Å². The Morgan fingerprint density at radius 1 is 0.484 bits per heavy atom. The van der Waals surface area contributed by atoms with Crippen molar-refractivity contribution < 1.29 is 0 Å². The van der Waals surface area contributed by atoms with Crippen molar-refractivity contribution in [1.29, 1.82) is 0 Å². The summed E-state index contributed by atoms with van der Waals surface area (Å²) in [6, 6.07) is 4.27. The van der Waals surface area contributed by atoms with Crippen molar-refractivity contribution in [3.05, 3.63) is 41.9 Å². The van der Waals surface area contributed by atoms with Gasteiger partial charge >= 0.3 is 0 Å². The van der Waals surface area contributed by atoms with Gasteiger partial charge in [-0.15, -0.1) is 0 Å². The largest absolute Gasteiger partial charge is 0.253 e. The molecule has 0 fully saturated rings. The van der Waals surface area contributed by atoms with E-state index in [1.165, 1.54) is 107 Å². The molecule has 2 aromatic heterocycles. The van der Waals surface area contributed by atoms with Crippen LogP contribution in [0.4, 0.5) is 0 Å². The molecule has 0 N–H and O–H groups in total. The molecule has 3 heteroatoms. The summed E-state index contributed by atoms with van der Waals surface area (Å²) >= 11 is 0. The molecule has 172 valence electrons. The zero-order valence-electron chi connectivity index (χ0n) is 20.2. The second kappa shape index (κ2) is 16.9. The summed E-state index contributed by atoms with van der Waals surface area (Å²) in [7, 11) is 0. The standard InChI is InChI=1S/C28H45N3/c1-3-5-7-9-11-13-15-17-19-26-23-30-28(31-24-26)27-21-20-25(22-29-27)18-16-14-12-10-8-6-4-2/h20-24H,3-19H2,1-2H3. The van der Waals surface area contributed by atoms with Crippen LogP contribution >= 0.6 is 0 Å². The number of rotatable bonds is 18. The van der Waals surface area contributed by atoms with Gasteiger partial charge in [-0.05, 0) is 42.9 Å². The van der Waals surface area contributed by atoms with Crippen LogP contribution in [-0.4, -0.2) is 15.0 Å². The molecule has 2 aromatic rings. The number of hydrogen-bond acceptors (Lipinski definition) is 3. The Hall–Kier alpha value is -1.77. The lowest BCUT2D eigenvalue weighted by Gasteiger charge is -2.05. The fraction of sp³-hybridized carbons (Fsp3) is 0.679. The number of pyridine rings is 1. The highest BCUT2D eigenvalue weighted by molar-refractivity contribution is 5.48. The van der Waals surface area contributed by atoms with Gasteiger partial charge in [0.05, 0.1) is 0 Å². The van der Waals surface area contributed by atoms with E-state index in [0.717, 1.165) is 24.4 Å². The van der Waals surface area contributed by atoms with Gasteiger partial charge in [0, 0.05) is 18.6 Å². The molecule has 0 aliphatic rings. The van der Waals surface area contributed by atoms with Crippen molar-refractivity contribution in [1.82, 2.24) is 15.0 Å². The van der Waals surface area contributed by atoms with E-state index in [2.05, 4.69) is 40.9 Å². The lowest BCUT2D eigenvalue weighted by Crippen LogP contribution is -1.96. The number of aryl methyl sites for hydroxylation is 2. The molecule has 0 aliphatic heterocycles. The first-order valence-electron chi connectivity index (χ1n) is 13.1.